The van der Waals surface area contributed by atoms with E-state index in [1.165, 1.54) is 64.2 Å². The molecule has 0 saturated carbocycles. The van der Waals surface area contributed by atoms with E-state index in [4.69, 9.17) is 10.2 Å². The predicted octanol–water partition coefficient (Wildman–Crippen LogP) is 4.42. The molecule has 25 heavy (non-hydrogen) atoms. The number of carboxylic acid groups (broad SMARTS) is 1. The van der Waals surface area contributed by atoms with Crippen LogP contribution in [0.5, 0.6) is 0 Å². The van der Waals surface area contributed by atoms with Crippen molar-refractivity contribution >= 4 is 11.9 Å². The summed E-state index contributed by atoms with van der Waals surface area (Å²) in [7, 11) is 0. The Kier molecular flexibility index (Phi) is 16.9. The van der Waals surface area contributed by atoms with Crippen molar-refractivity contribution in [3.05, 3.63) is 0 Å². The van der Waals surface area contributed by atoms with E-state index < -0.39 is 12.0 Å². The number of carbonyl (C=O) groups excluding carboxylic acids is 1. The lowest BCUT2D eigenvalue weighted by molar-refractivity contribution is -0.142. The third kappa shape index (κ3) is 16.1. The first kappa shape index (κ1) is 23.9. The Morgan fingerprint density at radius 2 is 1.24 bits per heavy atom. The summed E-state index contributed by atoms with van der Waals surface area (Å²) in [6, 6.07) is -0.973. The van der Waals surface area contributed by atoms with Crippen LogP contribution in [-0.2, 0) is 9.59 Å². The first-order valence-electron chi connectivity index (χ1n) is 10.2. The molecule has 0 aromatic carbocycles. The van der Waals surface area contributed by atoms with Crippen molar-refractivity contribution in [2.24, 2.45) is 0 Å². The Morgan fingerprint density at radius 1 is 0.800 bits per heavy atom. The number of carbonyl (C=O) groups is 2. The third-order valence-electron chi connectivity index (χ3n) is 4.56. The number of nitrogens with one attached hydrogen (secondary N) is 1. The number of rotatable bonds is 18. The fraction of sp³-hybridized carbons (Fsp3) is 0.900. The summed E-state index contributed by atoms with van der Waals surface area (Å²) in [5.41, 5.74) is 0. The van der Waals surface area contributed by atoms with Gasteiger partial charge in [0.2, 0.25) is 5.91 Å². The molecule has 0 fully saturated rings. The van der Waals surface area contributed by atoms with Gasteiger partial charge in [-0.25, -0.2) is 4.79 Å². The van der Waals surface area contributed by atoms with Gasteiger partial charge in [-0.15, -0.1) is 0 Å². The molecule has 1 atom stereocenters. The molecular weight excluding hydrogens is 318 g/mol. The van der Waals surface area contributed by atoms with Crippen LogP contribution in [-0.4, -0.2) is 34.7 Å². The molecule has 0 aliphatic heterocycles. The largest absolute Gasteiger partial charge is 0.480 e. The van der Waals surface area contributed by atoms with Crippen molar-refractivity contribution in [3.8, 4) is 0 Å². The highest BCUT2D eigenvalue weighted by atomic mass is 16.4. The van der Waals surface area contributed by atoms with Crippen LogP contribution in [0.2, 0.25) is 0 Å². The maximum atomic E-state index is 11.7. The van der Waals surface area contributed by atoms with E-state index in [1.807, 2.05) is 0 Å². The van der Waals surface area contributed by atoms with Crippen LogP contribution in [0.3, 0.4) is 0 Å². The van der Waals surface area contributed by atoms with Crippen molar-refractivity contribution in [2.75, 3.05) is 6.61 Å². The SMILES string of the molecule is CCCCCCCCCCCCCCCC(=O)NC(CCO)C(=O)O. The Bertz CT molecular complexity index is 334. The van der Waals surface area contributed by atoms with Crippen molar-refractivity contribution in [1.82, 2.24) is 5.32 Å². The zero-order valence-electron chi connectivity index (χ0n) is 16.1. The predicted molar refractivity (Wildman–Crippen MR) is 102 cm³/mol. The number of amides is 1. The van der Waals surface area contributed by atoms with Gasteiger partial charge in [-0.2, -0.15) is 0 Å². The number of hydrogen-bond acceptors (Lipinski definition) is 3. The van der Waals surface area contributed by atoms with E-state index >= 15 is 0 Å². The minimum Gasteiger partial charge on any atom is -0.480 e. The number of aliphatic carboxylic acids is 1. The maximum absolute atomic E-state index is 11.7. The lowest BCUT2D eigenvalue weighted by Crippen LogP contribution is -2.41. The Hall–Kier alpha value is -1.10. The van der Waals surface area contributed by atoms with E-state index in [0.717, 1.165) is 19.3 Å². The van der Waals surface area contributed by atoms with Gasteiger partial charge in [-0.05, 0) is 6.42 Å². The smallest absolute Gasteiger partial charge is 0.326 e. The number of aliphatic hydroxyl groups is 1. The zero-order chi connectivity index (χ0) is 18.8. The van der Waals surface area contributed by atoms with E-state index in [-0.39, 0.29) is 18.9 Å². The summed E-state index contributed by atoms with van der Waals surface area (Å²) in [6.07, 6.45) is 16.7. The molecule has 0 spiro atoms. The second kappa shape index (κ2) is 17.7. The summed E-state index contributed by atoms with van der Waals surface area (Å²) in [5.74, 6) is -1.32. The normalized spacial score (nSPS) is 12.1. The first-order valence-corrected chi connectivity index (χ1v) is 10.2. The van der Waals surface area contributed by atoms with Gasteiger partial charge < -0.3 is 15.5 Å². The topological polar surface area (TPSA) is 86.6 Å². The summed E-state index contributed by atoms with van der Waals surface area (Å²) in [5, 5.41) is 20.2. The van der Waals surface area contributed by atoms with Crippen LogP contribution >= 0.6 is 0 Å². The molecule has 1 amide bonds. The molecule has 0 aliphatic rings. The average molecular weight is 358 g/mol. The highest BCUT2D eigenvalue weighted by Crippen LogP contribution is 2.13. The molecule has 0 saturated heterocycles. The Labute approximate surface area is 153 Å². The summed E-state index contributed by atoms with van der Waals surface area (Å²) < 4.78 is 0. The molecule has 5 nitrogen and oxygen atoms in total. The van der Waals surface area contributed by atoms with Crippen molar-refractivity contribution < 1.29 is 19.8 Å². The molecule has 0 aromatic heterocycles. The summed E-state index contributed by atoms with van der Waals surface area (Å²) in [6.45, 7) is 2.01. The minimum absolute atomic E-state index is 0.0552. The molecule has 0 heterocycles. The minimum atomic E-state index is -1.09. The second-order valence-electron chi connectivity index (χ2n) is 6.96. The Balaban J connectivity index is 3.37. The molecule has 0 radical (unpaired) electrons. The first-order chi connectivity index (χ1) is 12.1. The second-order valence-corrected chi connectivity index (χ2v) is 6.96. The standard InChI is InChI=1S/C20H39NO4/c1-2-3-4-5-6-7-8-9-10-11-12-13-14-15-19(23)21-18(16-17-22)20(24)25/h18,22H,2-17H2,1H3,(H,21,23)(H,24,25). The quantitative estimate of drug-likeness (QED) is 0.317. The third-order valence-corrected chi connectivity index (χ3v) is 4.56. The lowest BCUT2D eigenvalue weighted by atomic mass is 10.0. The maximum Gasteiger partial charge on any atom is 0.326 e. The average Bonchev–Trinajstić information content (AvgIpc) is 2.58. The highest BCUT2D eigenvalue weighted by Gasteiger charge is 2.18. The van der Waals surface area contributed by atoms with Crippen LogP contribution in [0, 0.1) is 0 Å². The molecule has 5 heteroatoms. The Morgan fingerprint density at radius 3 is 1.64 bits per heavy atom. The molecule has 1 unspecified atom stereocenters. The van der Waals surface area contributed by atoms with E-state index in [9.17, 15) is 9.59 Å². The molecule has 3 N–H and O–H groups in total. The van der Waals surface area contributed by atoms with Gasteiger partial charge in [0.05, 0.1) is 0 Å². The van der Waals surface area contributed by atoms with Gasteiger partial charge in [0, 0.05) is 19.4 Å². The number of hydrogen-bond donors (Lipinski definition) is 3. The van der Waals surface area contributed by atoms with Gasteiger partial charge in [0.15, 0.2) is 0 Å². The van der Waals surface area contributed by atoms with Gasteiger partial charge in [0.1, 0.15) is 6.04 Å². The van der Waals surface area contributed by atoms with Crippen LogP contribution in [0.4, 0.5) is 0 Å². The number of carboxylic acids is 1. The van der Waals surface area contributed by atoms with Crippen molar-refractivity contribution in [3.63, 3.8) is 0 Å². The lowest BCUT2D eigenvalue weighted by Gasteiger charge is -2.12. The van der Waals surface area contributed by atoms with E-state index in [0.29, 0.717) is 6.42 Å². The molecular formula is C20H39NO4. The van der Waals surface area contributed by atoms with Gasteiger partial charge in [-0.3, -0.25) is 4.79 Å². The molecule has 0 aromatic rings. The number of aliphatic hydroxyl groups excluding tert-OH is 1. The molecule has 0 bridgehead atoms. The van der Waals surface area contributed by atoms with Crippen LogP contribution in [0.25, 0.3) is 0 Å². The van der Waals surface area contributed by atoms with Gasteiger partial charge >= 0.3 is 5.97 Å². The monoisotopic (exact) mass is 357 g/mol. The van der Waals surface area contributed by atoms with Crippen LogP contribution < -0.4 is 5.32 Å². The van der Waals surface area contributed by atoms with E-state index in [1.54, 1.807) is 0 Å². The van der Waals surface area contributed by atoms with Crippen molar-refractivity contribution in [1.29, 1.82) is 0 Å². The molecule has 148 valence electrons. The zero-order valence-corrected chi connectivity index (χ0v) is 16.1. The summed E-state index contributed by atoms with van der Waals surface area (Å²) >= 11 is 0. The van der Waals surface area contributed by atoms with Crippen LogP contribution in [0.1, 0.15) is 103 Å². The van der Waals surface area contributed by atoms with Gasteiger partial charge in [-0.1, -0.05) is 84.0 Å². The van der Waals surface area contributed by atoms with Crippen LogP contribution in [0.15, 0.2) is 0 Å². The molecule has 0 rings (SSSR count). The van der Waals surface area contributed by atoms with Gasteiger partial charge in [0.25, 0.3) is 0 Å². The molecule has 0 aliphatic carbocycles. The highest BCUT2D eigenvalue weighted by molar-refractivity contribution is 5.83. The fourth-order valence-electron chi connectivity index (χ4n) is 2.96. The van der Waals surface area contributed by atoms with Crippen molar-refractivity contribution in [2.45, 2.75) is 109 Å². The fourth-order valence-corrected chi connectivity index (χ4v) is 2.96. The number of unbranched alkanes of at least 4 members (excludes halogenated alkanes) is 12. The summed E-state index contributed by atoms with van der Waals surface area (Å²) in [4.78, 5) is 22.6. The van der Waals surface area contributed by atoms with E-state index in [2.05, 4.69) is 12.2 Å².